The standard InChI is InChI=1S/2C18H13Cl2N5/c19-13-6-8-14(9-7-13)22-17-15-16(23-18(20)24-17)21-11-25(15)10-12-4-2-1-3-5-12;19-13-6-8-14(9-7-13)22-16-15-17(24-18(20)23-16)25(11-21-15)10-12-4-2-1-3-5-12/h2*1-9,11H,10H2,(H,22,23,24). The lowest BCUT2D eigenvalue weighted by atomic mass is 10.2. The maximum Gasteiger partial charge on any atom is 0.226 e. The Balaban J connectivity index is 0.000000157. The second-order valence-corrected chi connectivity index (χ2v) is 12.6. The van der Waals surface area contributed by atoms with Crippen molar-refractivity contribution in [2.75, 3.05) is 10.6 Å². The van der Waals surface area contributed by atoms with Gasteiger partial charge in [-0.25, -0.2) is 9.97 Å². The highest BCUT2D eigenvalue weighted by Crippen LogP contribution is 2.27. The van der Waals surface area contributed by atoms with Crippen LogP contribution in [-0.2, 0) is 13.1 Å². The largest absolute Gasteiger partial charge is 0.338 e. The van der Waals surface area contributed by atoms with Crippen LogP contribution in [0.3, 0.4) is 0 Å². The first-order valence-corrected chi connectivity index (χ1v) is 16.8. The summed E-state index contributed by atoms with van der Waals surface area (Å²) in [6, 6.07) is 35.0. The summed E-state index contributed by atoms with van der Waals surface area (Å²) in [5, 5.41) is 8.15. The van der Waals surface area contributed by atoms with Gasteiger partial charge in [-0.05, 0) is 82.9 Å². The summed E-state index contributed by atoms with van der Waals surface area (Å²) >= 11 is 24.0. The fourth-order valence-corrected chi connectivity index (χ4v) is 5.76. The molecule has 0 saturated carbocycles. The van der Waals surface area contributed by atoms with Gasteiger partial charge in [-0.15, -0.1) is 0 Å². The molecule has 10 nitrogen and oxygen atoms in total. The van der Waals surface area contributed by atoms with Gasteiger partial charge in [0, 0.05) is 28.0 Å². The third-order valence-electron chi connectivity index (χ3n) is 7.49. The van der Waals surface area contributed by atoms with E-state index in [1.165, 1.54) is 0 Å². The van der Waals surface area contributed by atoms with Crippen molar-refractivity contribution < 1.29 is 0 Å². The van der Waals surface area contributed by atoms with Crippen LogP contribution >= 0.6 is 46.4 Å². The van der Waals surface area contributed by atoms with Crippen molar-refractivity contribution in [1.29, 1.82) is 0 Å². The third-order valence-corrected chi connectivity index (χ3v) is 8.33. The maximum atomic E-state index is 6.12. The second-order valence-electron chi connectivity index (χ2n) is 11.0. The third kappa shape index (κ3) is 7.96. The van der Waals surface area contributed by atoms with Crippen LogP contribution in [0.4, 0.5) is 23.0 Å². The van der Waals surface area contributed by atoms with Crippen molar-refractivity contribution in [2.45, 2.75) is 13.1 Å². The van der Waals surface area contributed by atoms with Crippen LogP contribution in [0.25, 0.3) is 22.3 Å². The summed E-state index contributed by atoms with van der Waals surface area (Å²) in [6.45, 7) is 1.32. The lowest BCUT2D eigenvalue weighted by Crippen LogP contribution is -2.03. The zero-order valence-electron chi connectivity index (χ0n) is 26.1. The minimum Gasteiger partial charge on any atom is -0.338 e. The Morgan fingerprint density at radius 1 is 0.500 bits per heavy atom. The van der Waals surface area contributed by atoms with E-state index in [9.17, 15) is 0 Å². The summed E-state index contributed by atoms with van der Waals surface area (Å²) < 4.78 is 3.95. The number of benzene rings is 4. The molecule has 0 unspecified atom stereocenters. The zero-order valence-corrected chi connectivity index (χ0v) is 29.1. The fraction of sp³-hybridized carbons (Fsp3) is 0.0556. The van der Waals surface area contributed by atoms with E-state index >= 15 is 0 Å². The van der Waals surface area contributed by atoms with Gasteiger partial charge in [0.25, 0.3) is 0 Å². The average Bonchev–Trinajstić information content (AvgIpc) is 3.71. The fourth-order valence-electron chi connectivity index (χ4n) is 5.18. The number of nitrogens with one attached hydrogen (secondary N) is 2. The molecule has 0 spiro atoms. The van der Waals surface area contributed by atoms with E-state index in [0.717, 1.165) is 28.0 Å². The van der Waals surface area contributed by atoms with Gasteiger partial charge in [-0.3, -0.25) is 0 Å². The van der Waals surface area contributed by atoms with Crippen molar-refractivity contribution in [2.24, 2.45) is 0 Å². The number of hydrogen-bond donors (Lipinski definition) is 2. The Morgan fingerprint density at radius 2 is 1.00 bits per heavy atom. The number of fused-ring (bicyclic) bond motifs is 2. The molecule has 248 valence electrons. The first-order valence-electron chi connectivity index (χ1n) is 15.3. The molecule has 4 heterocycles. The number of rotatable bonds is 8. The molecule has 0 radical (unpaired) electrons. The van der Waals surface area contributed by atoms with Crippen molar-refractivity contribution in [3.8, 4) is 0 Å². The van der Waals surface area contributed by atoms with Gasteiger partial charge in [0.05, 0.1) is 19.2 Å². The molecule has 2 N–H and O–H groups in total. The molecule has 4 aromatic heterocycles. The summed E-state index contributed by atoms with van der Waals surface area (Å²) in [6.07, 6.45) is 3.49. The quantitative estimate of drug-likeness (QED) is 0.148. The van der Waals surface area contributed by atoms with E-state index in [2.05, 4.69) is 64.8 Å². The van der Waals surface area contributed by atoms with Crippen LogP contribution in [-0.4, -0.2) is 39.0 Å². The number of imidazole rings is 2. The lowest BCUT2D eigenvalue weighted by molar-refractivity contribution is 0.813. The molecule has 8 aromatic rings. The van der Waals surface area contributed by atoms with Crippen LogP contribution in [0.2, 0.25) is 20.6 Å². The first-order chi connectivity index (χ1) is 24.4. The van der Waals surface area contributed by atoms with Crippen LogP contribution in [0.15, 0.2) is 122 Å². The minimum atomic E-state index is 0.147. The van der Waals surface area contributed by atoms with Gasteiger partial charge in [0.2, 0.25) is 10.6 Å². The number of anilines is 4. The molecule has 8 rings (SSSR count). The molecular weight excluding hydrogens is 714 g/mol. The highest BCUT2D eigenvalue weighted by Gasteiger charge is 2.15. The van der Waals surface area contributed by atoms with Gasteiger partial charge in [-0.1, -0.05) is 83.9 Å². The molecule has 0 aliphatic carbocycles. The molecule has 14 heteroatoms. The number of halogens is 4. The van der Waals surface area contributed by atoms with Crippen LogP contribution in [0.1, 0.15) is 11.1 Å². The number of aromatic nitrogens is 8. The van der Waals surface area contributed by atoms with Crippen molar-refractivity contribution >= 4 is 91.7 Å². The number of hydrogen-bond acceptors (Lipinski definition) is 8. The summed E-state index contributed by atoms with van der Waals surface area (Å²) in [5.74, 6) is 1.16. The van der Waals surface area contributed by atoms with Gasteiger partial charge >= 0.3 is 0 Å². The van der Waals surface area contributed by atoms with E-state index in [-0.39, 0.29) is 10.6 Å². The predicted molar refractivity (Wildman–Crippen MR) is 201 cm³/mol. The molecule has 0 aliphatic rings. The molecular formula is C36H26Cl4N10. The van der Waals surface area contributed by atoms with E-state index in [1.807, 2.05) is 81.9 Å². The summed E-state index contributed by atoms with van der Waals surface area (Å²) in [7, 11) is 0. The predicted octanol–water partition coefficient (Wildman–Crippen LogP) is 9.85. The maximum absolute atomic E-state index is 6.12. The van der Waals surface area contributed by atoms with Crippen LogP contribution in [0.5, 0.6) is 0 Å². The molecule has 0 saturated heterocycles. The Kier molecular flexibility index (Phi) is 10.0. The SMILES string of the molecule is Clc1ccc(Nc2nc(Cl)nc3c2ncn3Cc2ccccc2)cc1.Clc1ccc(Nc2nc(Cl)nc3ncn(Cc4ccccc4)c23)cc1. The smallest absolute Gasteiger partial charge is 0.226 e. The van der Waals surface area contributed by atoms with Crippen LogP contribution in [0, 0.1) is 0 Å². The summed E-state index contributed by atoms with van der Waals surface area (Å²) in [4.78, 5) is 26.0. The molecule has 0 amide bonds. The van der Waals surface area contributed by atoms with Gasteiger partial charge in [-0.2, -0.15) is 19.9 Å². The average molecular weight is 740 g/mol. The van der Waals surface area contributed by atoms with Gasteiger partial charge in [0.1, 0.15) is 5.52 Å². The Bertz CT molecular complexity index is 2360. The van der Waals surface area contributed by atoms with Crippen molar-refractivity contribution in [3.05, 3.63) is 154 Å². The molecule has 0 bridgehead atoms. The highest BCUT2D eigenvalue weighted by molar-refractivity contribution is 6.31. The molecule has 50 heavy (non-hydrogen) atoms. The van der Waals surface area contributed by atoms with Gasteiger partial charge in [0.15, 0.2) is 28.4 Å². The Labute approximate surface area is 306 Å². The molecule has 0 fully saturated rings. The molecule has 0 aliphatic heterocycles. The van der Waals surface area contributed by atoms with Crippen molar-refractivity contribution in [1.82, 2.24) is 39.0 Å². The van der Waals surface area contributed by atoms with Gasteiger partial charge < -0.3 is 19.8 Å². The minimum absolute atomic E-state index is 0.147. The zero-order chi connectivity index (χ0) is 34.5. The summed E-state index contributed by atoms with van der Waals surface area (Å²) in [5.41, 5.74) is 6.70. The lowest BCUT2D eigenvalue weighted by Gasteiger charge is -2.10. The molecule has 4 aromatic carbocycles. The molecule has 0 atom stereocenters. The van der Waals surface area contributed by atoms with Crippen LogP contribution < -0.4 is 10.6 Å². The normalized spacial score (nSPS) is 11.0. The monoisotopic (exact) mass is 738 g/mol. The highest BCUT2D eigenvalue weighted by atomic mass is 35.5. The Hall–Kier alpha value is -5.26. The van der Waals surface area contributed by atoms with E-state index < -0.39 is 0 Å². The van der Waals surface area contributed by atoms with E-state index in [4.69, 9.17) is 46.4 Å². The first kappa shape index (κ1) is 33.2. The second kappa shape index (κ2) is 15.1. The van der Waals surface area contributed by atoms with E-state index in [0.29, 0.717) is 51.6 Å². The number of nitrogens with zero attached hydrogens (tertiary/aromatic N) is 8. The Morgan fingerprint density at radius 3 is 1.60 bits per heavy atom. The van der Waals surface area contributed by atoms with E-state index in [1.54, 1.807) is 24.8 Å². The van der Waals surface area contributed by atoms with Crippen molar-refractivity contribution in [3.63, 3.8) is 0 Å². The topological polar surface area (TPSA) is 111 Å².